The van der Waals surface area contributed by atoms with E-state index >= 15 is 0 Å². The average molecular weight is 297 g/mol. The first-order valence-corrected chi connectivity index (χ1v) is 6.29. The fraction of sp³-hybridized carbons (Fsp3) is 0.867. The van der Waals surface area contributed by atoms with E-state index in [1.54, 1.807) is 0 Å². The van der Waals surface area contributed by atoms with E-state index in [4.69, 9.17) is 0 Å². The Bertz CT molecular complexity index is 206. The topological polar surface area (TPSA) is 0 Å². The van der Waals surface area contributed by atoms with E-state index in [2.05, 4.69) is 54.9 Å². The van der Waals surface area contributed by atoms with E-state index < -0.39 is 0 Å². The first-order chi connectivity index (χ1) is 6.59. The molecule has 0 saturated heterocycles. The monoisotopic (exact) mass is 297 g/mol. The van der Waals surface area contributed by atoms with Gasteiger partial charge in [0.15, 0.2) is 0 Å². The van der Waals surface area contributed by atoms with Gasteiger partial charge in [0.2, 0.25) is 0 Å². The van der Waals surface area contributed by atoms with Crippen LogP contribution >= 0.6 is 0 Å². The van der Waals surface area contributed by atoms with Crippen molar-refractivity contribution in [2.24, 2.45) is 28.6 Å². The van der Waals surface area contributed by atoms with Crippen molar-refractivity contribution in [3.8, 4) is 0 Å². The third-order valence-electron chi connectivity index (χ3n) is 3.50. The van der Waals surface area contributed by atoms with Crippen LogP contribution in [0.5, 0.6) is 0 Å². The molecule has 3 unspecified atom stereocenters. The fourth-order valence-corrected chi connectivity index (χ4v) is 2.11. The molecule has 0 spiro atoms. The summed E-state index contributed by atoms with van der Waals surface area (Å²) >= 11 is 0. The van der Waals surface area contributed by atoms with Gasteiger partial charge in [-0.3, -0.25) is 0 Å². The summed E-state index contributed by atoms with van der Waals surface area (Å²) in [6.45, 7) is 18.1. The molecule has 0 N–H and O–H groups in total. The molecule has 1 radical (unpaired) electrons. The minimum atomic E-state index is 0. The molecular weight excluding hydrogens is 269 g/mol. The van der Waals surface area contributed by atoms with Gasteiger partial charge in [-0.25, -0.2) is 0 Å². The Morgan fingerprint density at radius 3 is 2.06 bits per heavy atom. The maximum Gasteiger partial charge on any atom is 0 e. The largest absolute Gasteiger partial charge is 0.340 e. The van der Waals surface area contributed by atoms with Gasteiger partial charge < -0.3 is 13.3 Å². The predicted octanol–water partition coefficient (Wildman–Crippen LogP) is 4.76. The van der Waals surface area contributed by atoms with Crippen molar-refractivity contribution in [3.05, 3.63) is 13.3 Å². The third kappa shape index (κ3) is 6.15. The van der Waals surface area contributed by atoms with Crippen LogP contribution in [0.15, 0.2) is 0 Å². The van der Waals surface area contributed by atoms with Gasteiger partial charge in [0, 0.05) is 32.7 Å². The summed E-state index contributed by atoms with van der Waals surface area (Å²) in [6.07, 6.45) is 5.24. The number of rotatable bonds is 3. The molecule has 0 heterocycles. The fourth-order valence-electron chi connectivity index (χ4n) is 2.11. The summed E-state index contributed by atoms with van der Waals surface area (Å²) in [5.41, 5.74) is 0.757. The summed E-state index contributed by atoms with van der Waals surface area (Å²) in [7, 11) is 0. The molecule has 0 amide bonds. The van der Waals surface area contributed by atoms with Gasteiger partial charge in [0.25, 0.3) is 0 Å². The number of hydrogen-bond acceptors (Lipinski definition) is 0. The van der Waals surface area contributed by atoms with Gasteiger partial charge >= 0.3 is 0 Å². The first kappa shape index (κ1) is 17.1. The normalized spacial score (nSPS) is 27.2. The van der Waals surface area contributed by atoms with Crippen molar-refractivity contribution in [2.45, 2.75) is 54.4 Å². The maximum absolute atomic E-state index is 4.31. The molecule has 1 fully saturated rings. The number of hydrogen-bond donors (Lipinski definition) is 0. The van der Waals surface area contributed by atoms with Crippen LogP contribution in [0.2, 0.25) is 0 Å². The Kier molecular flexibility index (Phi) is 6.23. The molecule has 0 bridgehead atoms. The molecular formula is C15H28Y-2. The van der Waals surface area contributed by atoms with Crippen molar-refractivity contribution in [2.75, 3.05) is 0 Å². The first-order valence-electron chi connectivity index (χ1n) is 6.29. The molecule has 16 heavy (non-hydrogen) atoms. The van der Waals surface area contributed by atoms with Gasteiger partial charge in [-0.05, 0) is 0 Å². The van der Waals surface area contributed by atoms with Crippen LogP contribution in [-0.2, 0) is 32.7 Å². The molecule has 1 saturated carbocycles. The molecule has 0 nitrogen and oxygen atoms in total. The zero-order chi connectivity index (χ0) is 11.9. The van der Waals surface area contributed by atoms with E-state index in [9.17, 15) is 0 Å². The summed E-state index contributed by atoms with van der Waals surface area (Å²) < 4.78 is 0. The average Bonchev–Trinajstić information content (AvgIpc) is 2.61. The smallest absolute Gasteiger partial charge is 0 e. The SMILES string of the molecule is [CH2-]C(CC1CC1[CH-]C(C)(C)C)C(C)(C)C.[Y]. The van der Waals surface area contributed by atoms with Crippen molar-refractivity contribution in [1.29, 1.82) is 0 Å². The molecule has 0 aromatic carbocycles. The maximum atomic E-state index is 4.31. The molecule has 0 aromatic heterocycles. The van der Waals surface area contributed by atoms with E-state index in [0.717, 1.165) is 11.8 Å². The van der Waals surface area contributed by atoms with E-state index in [0.29, 0.717) is 16.7 Å². The molecule has 1 rings (SSSR count). The summed E-state index contributed by atoms with van der Waals surface area (Å²) in [6, 6.07) is 0. The van der Waals surface area contributed by atoms with Gasteiger partial charge in [0.05, 0.1) is 0 Å². The predicted molar refractivity (Wildman–Crippen MR) is 68.3 cm³/mol. The van der Waals surface area contributed by atoms with E-state index in [1.807, 2.05) is 0 Å². The van der Waals surface area contributed by atoms with Gasteiger partial charge in [0.1, 0.15) is 0 Å². The Balaban J connectivity index is 0.00000225. The summed E-state index contributed by atoms with van der Waals surface area (Å²) in [5.74, 6) is 2.39. The minimum absolute atomic E-state index is 0. The Labute approximate surface area is 128 Å². The van der Waals surface area contributed by atoms with Crippen LogP contribution in [0.3, 0.4) is 0 Å². The van der Waals surface area contributed by atoms with Crippen LogP contribution in [0.4, 0.5) is 0 Å². The van der Waals surface area contributed by atoms with Crippen LogP contribution in [0.1, 0.15) is 54.4 Å². The van der Waals surface area contributed by atoms with Gasteiger partial charge in [-0.15, -0.1) is 0 Å². The van der Waals surface area contributed by atoms with Crippen LogP contribution < -0.4 is 0 Å². The van der Waals surface area contributed by atoms with Crippen LogP contribution in [0, 0.1) is 41.9 Å². The van der Waals surface area contributed by atoms with Gasteiger partial charge in [-0.1, -0.05) is 65.7 Å². The van der Waals surface area contributed by atoms with Crippen molar-refractivity contribution >= 4 is 0 Å². The third-order valence-corrected chi connectivity index (χ3v) is 3.50. The molecule has 1 heteroatoms. The molecule has 3 atom stereocenters. The van der Waals surface area contributed by atoms with Crippen molar-refractivity contribution in [1.82, 2.24) is 0 Å². The minimum Gasteiger partial charge on any atom is -0.340 e. The Morgan fingerprint density at radius 1 is 1.19 bits per heavy atom. The van der Waals surface area contributed by atoms with E-state index in [-0.39, 0.29) is 32.7 Å². The van der Waals surface area contributed by atoms with E-state index in [1.165, 1.54) is 12.8 Å². The second-order valence-corrected chi connectivity index (χ2v) is 7.49. The second kappa shape index (κ2) is 5.83. The molecule has 0 aromatic rings. The summed E-state index contributed by atoms with van der Waals surface area (Å²) in [4.78, 5) is 0. The zero-order valence-electron chi connectivity index (χ0n) is 12.0. The Morgan fingerprint density at radius 2 is 1.69 bits per heavy atom. The van der Waals surface area contributed by atoms with Gasteiger partial charge in [-0.2, -0.15) is 17.3 Å². The Hall–Kier alpha value is 1.10. The second-order valence-electron chi connectivity index (χ2n) is 7.49. The van der Waals surface area contributed by atoms with Crippen LogP contribution in [0.25, 0.3) is 0 Å². The quantitative estimate of drug-likeness (QED) is 0.659. The standard InChI is InChI=1S/C15H28.Y/c1-11(15(5,6)7)8-12-9-13(12)10-14(2,3)4;/h10-13H,1,8-9H2,2-7H3;/q-2;. The molecule has 93 valence electrons. The summed E-state index contributed by atoms with van der Waals surface area (Å²) in [5, 5.41) is 0. The molecule has 0 aliphatic heterocycles. The van der Waals surface area contributed by atoms with Crippen molar-refractivity contribution in [3.63, 3.8) is 0 Å². The molecule has 1 aliphatic rings. The van der Waals surface area contributed by atoms with Crippen molar-refractivity contribution < 1.29 is 32.7 Å². The molecule has 1 aliphatic carbocycles. The zero-order valence-corrected chi connectivity index (χ0v) is 14.8. The van der Waals surface area contributed by atoms with Crippen LogP contribution in [-0.4, -0.2) is 0 Å².